The highest BCUT2D eigenvalue weighted by molar-refractivity contribution is 5.79. The van der Waals surface area contributed by atoms with Gasteiger partial charge < -0.3 is 4.90 Å². The van der Waals surface area contributed by atoms with Gasteiger partial charge in [-0.1, -0.05) is 12.8 Å². The maximum absolute atomic E-state index is 13.1. The van der Waals surface area contributed by atoms with Crippen LogP contribution in [-0.2, 0) is 11.3 Å². The van der Waals surface area contributed by atoms with Crippen LogP contribution in [0.1, 0.15) is 56.9 Å². The highest BCUT2D eigenvalue weighted by Gasteiger charge is 2.33. The van der Waals surface area contributed by atoms with Crippen molar-refractivity contribution in [1.29, 1.82) is 0 Å². The molecule has 3 saturated heterocycles. The Morgan fingerprint density at radius 3 is 2.32 bits per heavy atom. The number of hydrogen-bond acceptors (Lipinski definition) is 4. The first-order chi connectivity index (χ1) is 13.8. The number of carbonyl (C=O) groups is 1. The molecule has 5 heteroatoms. The summed E-state index contributed by atoms with van der Waals surface area (Å²) in [6, 6.07) is 4.90. The molecule has 4 rings (SSSR count). The molecule has 0 N–H and O–H groups in total. The predicted molar refractivity (Wildman–Crippen MR) is 112 cm³/mol. The van der Waals surface area contributed by atoms with Crippen LogP contribution in [0, 0.1) is 5.92 Å². The number of nitrogens with zero attached hydrogens (tertiary/aromatic N) is 4. The quantitative estimate of drug-likeness (QED) is 0.799. The number of amides is 1. The van der Waals surface area contributed by atoms with Gasteiger partial charge in [-0.15, -0.1) is 0 Å². The van der Waals surface area contributed by atoms with Gasteiger partial charge in [0.25, 0.3) is 0 Å². The third-order valence-corrected chi connectivity index (χ3v) is 6.95. The molecule has 154 valence electrons. The molecule has 3 fully saturated rings. The molecule has 3 aliphatic heterocycles. The maximum Gasteiger partial charge on any atom is 0.226 e. The van der Waals surface area contributed by atoms with Gasteiger partial charge in [0.15, 0.2) is 0 Å². The average Bonchev–Trinajstić information content (AvgIpc) is 3.04. The number of carbonyl (C=O) groups excluding carboxylic acids is 1. The lowest BCUT2D eigenvalue weighted by Crippen LogP contribution is -2.51. The van der Waals surface area contributed by atoms with E-state index in [0.717, 1.165) is 45.7 Å². The van der Waals surface area contributed by atoms with Gasteiger partial charge in [-0.05, 0) is 75.9 Å². The Balaban J connectivity index is 1.26. The minimum absolute atomic E-state index is 0.238. The zero-order chi connectivity index (χ0) is 19.2. The Kier molecular flexibility index (Phi) is 6.97. The normalized spacial score (nSPS) is 26.1. The minimum Gasteiger partial charge on any atom is -0.342 e. The molecule has 0 spiro atoms. The zero-order valence-electron chi connectivity index (χ0n) is 17.3. The van der Waals surface area contributed by atoms with Gasteiger partial charge in [-0.2, -0.15) is 0 Å². The summed E-state index contributed by atoms with van der Waals surface area (Å²) in [7, 11) is 0. The number of pyridine rings is 1. The van der Waals surface area contributed by atoms with E-state index < -0.39 is 0 Å². The molecule has 1 aromatic rings. The second kappa shape index (κ2) is 9.84. The summed E-state index contributed by atoms with van der Waals surface area (Å²) in [6.45, 7) is 7.50. The lowest BCUT2D eigenvalue weighted by molar-refractivity contribution is -0.137. The second-order valence-electron chi connectivity index (χ2n) is 8.94. The van der Waals surface area contributed by atoms with E-state index in [1.807, 2.05) is 12.4 Å². The van der Waals surface area contributed by atoms with E-state index in [9.17, 15) is 4.79 Å². The number of piperidine rings is 2. The van der Waals surface area contributed by atoms with E-state index in [4.69, 9.17) is 0 Å². The monoisotopic (exact) mass is 384 g/mol. The fourth-order valence-electron chi connectivity index (χ4n) is 5.28. The van der Waals surface area contributed by atoms with Gasteiger partial charge in [0, 0.05) is 44.6 Å². The molecule has 1 amide bonds. The van der Waals surface area contributed by atoms with E-state index in [2.05, 4.69) is 31.8 Å². The van der Waals surface area contributed by atoms with Crippen molar-refractivity contribution < 1.29 is 4.79 Å². The Bertz CT molecular complexity index is 606. The van der Waals surface area contributed by atoms with Crippen molar-refractivity contribution in [3.05, 3.63) is 30.1 Å². The molecule has 0 aromatic carbocycles. The Labute approximate surface area is 170 Å². The first kappa shape index (κ1) is 19.8. The summed E-state index contributed by atoms with van der Waals surface area (Å²) in [5.74, 6) is 0.684. The summed E-state index contributed by atoms with van der Waals surface area (Å²) < 4.78 is 0. The van der Waals surface area contributed by atoms with Gasteiger partial charge in [0.1, 0.15) is 0 Å². The third kappa shape index (κ3) is 5.12. The average molecular weight is 385 g/mol. The Morgan fingerprint density at radius 1 is 0.893 bits per heavy atom. The van der Waals surface area contributed by atoms with Gasteiger partial charge in [0.05, 0.1) is 5.92 Å². The van der Waals surface area contributed by atoms with Crippen LogP contribution >= 0.6 is 0 Å². The minimum atomic E-state index is 0.238. The first-order valence-electron chi connectivity index (χ1n) is 11.4. The number of hydrogen-bond donors (Lipinski definition) is 0. The van der Waals surface area contributed by atoms with Crippen LogP contribution in [0.2, 0.25) is 0 Å². The highest BCUT2D eigenvalue weighted by Crippen LogP contribution is 2.26. The van der Waals surface area contributed by atoms with Crippen LogP contribution in [0.25, 0.3) is 0 Å². The zero-order valence-corrected chi connectivity index (χ0v) is 17.3. The van der Waals surface area contributed by atoms with E-state index >= 15 is 0 Å². The number of aromatic nitrogens is 1. The van der Waals surface area contributed by atoms with E-state index in [-0.39, 0.29) is 5.92 Å². The van der Waals surface area contributed by atoms with Crippen molar-refractivity contribution in [2.45, 2.75) is 64.0 Å². The standard InChI is InChI=1S/C23H36N4O/c28-23(26-13-3-1-2-4-14-26)21-6-5-15-27(19-21)22-9-16-25(17-10-22)18-20-7-11-24-12-8-20/h7-8,11-12,21-22H,1-6,9-10,13-19H2/t21-/m1/s1. The first-order valence-corrected chi connectivity index (χ1v) is 11.4. The Morgan fingerprint density at radius 2 is 1.61 bits per heavy atom. The fourth-order valence-corrected chi connectivity index (χ4v) is 5.28. The lowest BCUT2D eigenvalue weighted by Gasteiger charge is -2.42. The van der Waals surface area contributed by atoms with Crippen molar-refractivity contribution in [1.82, 2.24) is 19.7 Å². The summed E-state index contributed by atoms with van der Waals surface area (Å²) >= 11 is 0. The number of rotatable bonds is 4. The SMILES string of the molecule is O=C([C@@H]1CCCN(C2CCN(Cc3ccncc3)CC2)C1)N1CCCCCC1. The second-order valence-corrected chi connectivity index (χ2v) is 8.94. The topological polar surface area (TPSA) is 39.7 Å². The summed E-state index contributed by atoms with van der Waals surface area (Å²) in [6.07, 6.45) is 13.5. The van der Waals surface area contributed by atoms with Crippen molar-refractivity contribution in [2.24, 2.45) is 5.92 Å². The molecule has 0 radical (unpaired) electrons. The fraction of sp³-hybridized carbons (Fsp3) is 0.739. The van der Waals surface area contributed by atoms with Gasteiger partial charge in [-0.3, -0.25) is 19.6 Å². The van der Waals surface area contributed by atoms with Crippen molar-refractivity contribution >= 4 is 5.91 Å². The molecule has 0 aliphatic carbocycles. The number of likely N-dealkylation sites (tertiary alicyclic amines) is 3. The van der Waals surface area contributed by atoms with Crippen LogP contribution in [-0.4, -0.2) is 70.9 Å². The molecule has 0 saturated carbocycles. The third-order valence-electron chi connectivity index (χ3n) is 6.95. The summed E-state index contributed by atoms with van der Waals surface area (Å²) in [4.78, 5) is 24.6. The van der Waals surface area contributed by atoms with Crippen LogP contribution in [0.3, 0.4) is 0 Å². The molecule has 28 heavy (non-hydrogen) atoms. The highest BCUT2D eigenvalue weighted by atomic mass is 16.2. The van der Waals surface area contributed by atoms with Gasteiger partial charge in [-0.25, -0.2) is 0 Å². The van der Waals surface area contributed by atoms with E-state index in [0.29, 0.717) is 11.9 Å². The molecular weight excluding hydrogens is 348 g/mol. The van der Waals surface area contributed by atoms with Crippen LogP contribution in [0.4, 0.5) is 0 Å². The summed E-state index contributed by atoms with van der Waals surface area (Å²) in [5.41, 5.74) is 1.36. The maximum atomic E-state index is 13.1. The Hall–Kier alpha value is -1.46. The molecule has 5 nitrogen and oxygen atoms in total. The molecule has 4 heterocycles. The molecule has 1 aromatic heterocycles. The smallest absolute Gasteiger partial charge is 0.226 e. The molecular formula is C23H36N4O. The van der Waals surface area contributed by atoms with Gasteiger partial charge in [0.2, 0.25) is 5.91 Å². The predicted octanol–water partition coefficient (Wildman–Crippen LogP) is 3.16. The van der Waals surface area contributed by atoms with Gasteiger partial charge >= 0.3 is 0 Å². The molecule has 3 aliphatic rings. The van der Waals surface area contributed by atoms with Crippen molar-refractivity contribution in [3.63, 3.8) is 0 Å². The summed E-state index contributed by atoms with van der Waals surface area (Å²) in [5, 5.41) is 0. The van der Waals surface area contributed by atoms with E-state index in [1.54, 1.807) is 0 Å². The van der Waals surface area contributed by atoms with E-state index in [1.165, 1.54) is 57.1 Å². The van der Waals surface area contributed by atoms with Crippen molar-refractivity contribution in [2.75, 3.05) is 39.3 Å². The van der Waals surface area contributed by atoms with Crippen LogP contribution in [0.5, 0.6) is 0 Å². The molecule has 1 atom stereocenters. The van der Waals surface area contributed by atoms with Crippen LogP contribution < -0.4 is 0 Å². The lowest BCUT2D eigenvalue weighted by atomic mass is 9.92. The van der Waals surface area contributed by atoms with Crippen LogP contribution in [0.15, 0.2) is 24.5 Å². The molecule has 0 unspecified atom stereocenters. The molecule has 0 bridgehead atoms. The largest absolute Gasteiger partial charge is 0.342 e. The van der Waals surface area contributed by atoms with Crippen molar-refractivity contribution in [3.8, 4) is 0 Å².